The van der Waals surface area contributed by atoms with Gasteiger partial charge in [-0.2, -0.15) is 0 Å². The third-order valence-electron chi connectivity index (χ3n) is 3.86. The number of carbonyl (C=O) groups is 1. The maximum atomic E-state index is 12.3. The lowest BCUT2D eigenvalue weighted by molar-refractivity contribution is -0.138. The van der Waals surface area contributed by atoms with Crippen molar-refractivity contribution in [2.45, 2.75) is 25.0 Å². The summed E-state index contributed by atoms with van der Waals surface area (Å²) in [6, 6.07) is 0.169. The molecule has 2 atom stereocenters. The van der Waals surface area contributed by atoms with E-state index in [9.17, 15) is 4.79 Å². The van der Waals surface area contributed by atoms with E-state index >= 15 is 0 Å². The number of likely N-dealkylation sites (N-methyl/N-ethyl adjacent to an activating group) is 1. The van der Waals surface area contributed by atoms with Crippen LogP contribution in [0, 0.1) is 5.92 Å². The second-order valence-electron chi connectivity index (χ2n) is 4.80. The van der Waals surface area contributed by atoms with Crippen LogP contribution in [0.4, 0.5) is 0 Å². The molecule has 0 aliphatic carbocycles. The molecular weight excluding hydrogens is 220 g/mol. The van der Waals surface area contributed by atoms with E-state index in [1.54, 1.807) is 7.11 Å². The van der Waals surface area contributed by atoms with Crippen LogP contribution in [0.3, 0.4) is 0 Å². The van der Waals surface area contributed by atoms with E-state index in [1.807, 2.05) is 11.9 Å². The van der Waals surface area contributed by atoms with Crippen LogP contribution in [0.1, 0.15) is 12.8 Å². The highest BCUT2D eigenvalue weighted by Crippen LogP contribution is 2.20. The molecule has 0 spiro atoms. The number of amides is 1. The highest BCUT2D eigenvalue weighted by Gasteiger charge is 2.36. The lowest BCUT2D eigenvalue weighted by Crippen LogP contribution is -2.48. The maximum Gasteiger partial charge on any atom is 0.229 e. The van der Waals surface area contributed by atoms with Crippen molar-refractivity contribution in [2.75, 3.05) is 40.5 Å². The minimum Gasteiger partial charge on any atom is -0.381 e. The Hall–Kier alpha value is -0.650. The molecule has 0 aromatic heterocycles. The molecule has 5 heteroatoms. The highest BCUT2D eigenvalue weighted by molar-refractivity contribution is 5.80. The van der Waals surface area contributed by atoms with E-state index < -0.39 is 0 Å². The van der Waals surface area contributed by atoms with E-state index in [2.05, 4.69) is 5.32 Å². The monoisotopic (exact) mass is 242 g/mol. The highest BCUT2D eigenvalue weighted by atomic mass is 16.5. The van der Waals surface area contributed by atoms with Crippen LogP contribution in [0.2, 0.25) is 0 Å². The molecule has 0 bridgehead atoms. The average molecular weight is 242 g/mol. The number of hydrogen-bond acceptors (Lipinski definition) is 4. The number of rotatable bonds is 3. The van der Waals surface area contributed by atoms with E-state index in [-0.39, 0.29) is 17.9 Å². The van der Waals surface area contributed by atoms with Gasteiger partial charge in [0.25, 0.3) is 0 Å². The van der Waals surface area contributed by atoms with Gasteiger partial charge in [0, 0.05) is 26.2 Å². The molecule has 0 saturated carbocycles. The van der Waals surface area contributed by atoms with Crippen LogP contribution >= 0.6 is 0 Å². The van der Waals surface area contributed by atoms with Crippen molar-refractivity contribution in [3.8, 4) is 0 Å². The van der Waals surface area contributed by atoms with Gasteiger partial charge in [-0.25, -0.2) is 0 Å². The largest absolute Gasteiger partial charge is 0.381 e. The fourth-order valence-corrected chi connectivity index (χ4v) is 2.63. The van der Waals surface area contributed by atoms with Gasteiger partial charge in [0.1, 0.15) is 0 Å². The molecule has 0 aromatic carbocycles. The van der Waals surface area contributed by atoms with Crippen LogP contribution < -0.4 is 5.32 Å². The van der Waals surface area contributed by atoms with Crippen molar-refractivity contribution in [3.63, 3.8) is 0 Å². The van der Waals surface area contributed by atoms with Crippen molar-refractivity contribution >= 4 is 5.91 Å². The van der Waals surface area contributed by atoms with Gasteiger partial charge in [0.05, 0.1) is 25.2 Å². The molecule has 0 radical (unpaired) electrons. The van der Waals surface area contributed by atoms with Gasteiger partial charge in [-0.05, 0) is 19.9 Å². The Labute approximate surface area is 102 Å². The summed E-state index contributed by atoms with van der Waals surface area (Å²) in [7, 11) is 3.63. The molecule has 1 amide bonds. The third kappa shape index (κ3) is 2.78. The molecule has 0 aromatic rings. The normalized spacial score (nSPS) is 30.8. The summed E-state index contributed by atoms with van der Waals surface area (Å²) >= 11 is 0. The lowest BCUT2D eigenvalue weighted by atomic mass is 9.99. The Morgan fingerprint density at radius 1 is 1.35 bits per heavy atom. The van der Waals surface area contributed by atoms with Crippen molar-refractivity contribution < 1.29 is 14.3 Å². The fraction of sp³-hybridized carbons (Fsp3) is 0.917. The number of nitrogens with one attached hydrogen (secondary N) is 1. The molecule has 2 rings (SSSR count). The Kier molecular flexibility index (Phi) is 4.36. The molecule has 17 heavy (non-hydrogen) atoms. The summed E-state index contributed by atoms with van der Waals surface area (Å²) in [6.45, 7) is 2.81. The number of nitrogens with zero attached hydrogens (tertiary/aromatic N) is 1. The Morgan fingerprint density at radius 2 is 2.06 bits per heavy atom. The average Bonchev–Trinajstić information content (AvgIpc) is 2.86. The predicted octanol–water partition coefficient (Wildman–Crippen LogP) is -0.142. The second-order valence-corrected chi connectivity index (χ2v) is 4.80. The van der Waals surface area contributed by atoms with Crippen molar-refractivity contribution in [3.05, 3.63) is 0 Å². The van der Waals surface area contributed by atoms with E-state index in [0.29, 0.717) is 19.3 Å². The molecule has 2 aliphatic rings. The van der Waals surface area contributed by atoms with E-state index in [0.717, 1.165) is 25.9 Å². The first-order valence-electron chi connectivity index (χ1n) is 6.33. The van der Waals surface area contributed by atoms with Crippen molar-refractivity contribution in [1.29, 1.82) is 0 Å². The Bertz CT molecular complexity index is 264. The number of hydrogen-bond donors (Lipinski definition) is 1. The molecule has 98 valence electrons. The minimum atomic E-state index is -0.0147. The minimum absolute atomic E-state index is 0.0147. The van der Waals surface area contributed by atoms with Crippen molar-refractivity contribution in [1.82, 2.24) is 10.2 Å². The van der Waals surface area contributed by atoms with Gasteiger partial charge in [-0.1, -0.05) is 0 Å². The van der Waals surface area contributed by atoms with E-state index in [1.165, 1.54) is 0 Å². The molecule has 5 nitrogen and oxygen atoms in total. The molecular formula is C12H22N2O3. The van der Waals surface area contributed by atoms with Gasteiger partial charge >= 0.3 is 0 Å². The summed E-state index contributed by atoms with van der Waals surface area (Å²) in [4.78, 5) is 14.3. The standard InChI is InChI=1S/C12H22N2O3/c1-13-11-8-17-7-10(11)12(15)14-5-3-9(16-2)4-6-14/h9-11,13H,3-8H2,1-2H3. The fourth-order valence-electron chi connectivity index (χ4n) is 2.63. The Morgan fingerprint density at radius 3 is 2.65 bits per heavy atom. The molecule has 2 unspecified atom stereocenters. The molecule has 2 fully saturated rings. The predicted molar refractivity (Wildman–Crippen MR) is 63.8 cm³/mol. The Balaban J connectivity index is 1.88. The topological polar surface area (TPSA) is 50.8 Å². The zero-order chi connectivity index (χ0) is 12.3. The van der Waals surface area contributed by atoms with Crippen LogP contribution in [0.15, 0.2) is 0 Å². The summed E-state index contributed by atoms with van der Waals surface area (Å²) in [5.41, 5.74) is 0. The first kappa shape index (κ1) is 12.8. The zero-order valence-corrected chi connectivity index (χ0v) is 10.6. The first-order chi connectivity index (χ1) is 8.26. The summed E-state index contributed by atoms with van der Waals surface area (Å²) in [6.07, 6.45) is 2.21. The van der Waals surface area contributed by atoms with Crippen LogP contribution in [0.25, 0.3) is 0 Å². The molecule has 2 saturated heterocycles. The third-order valence-corrected chi connectivity index (χ3v) is 3.86. The maximum absolute atomic E-state index is 12.3. The number of likely N-dealkylation sites (tertiary alicyclic amines) is 1. The number of piperidine rings is 1. The number of ether oxygens (including phenoxy) is 2. The molecule has 1 N–H and O–H groups in total. The van der Waals surface area contributed by atoms with Crippen LogP contribution in [0.5, 0.6) is 0 Å². The second kappa shape index (κ2) is 5.80. The summed E-state index contributed by atoms with van der Waals surface area (Å²) < 4.78 is 10.7. The van der Waals surface area contributed by atoms with Gasteiger partial charge < -0.3 is 19.7 Å². The SMILES string of the molecule is CNC1COCC1C(=O)N1CCC(OC)CC1. The smallest absolute Gasteiger partial charge is 0.229 e. The number of carbonyl (C=O) groups excluding carboxylic acids is 1. The quantitative estimate of drug-likeness (QED) is 0.748. The van der Waals surface area contributed by atoms with Gasteiger partial charge in [0.2, 0.25) is 5.91 Å². The van der Waals surface area contributed by atoms with Crippen LogP contribution in [-0.4, -0.2) is 63.4 Å². The lowest BCUT2D eigenvalue weighted by Gasteiger charge is -2.33. The zero-order valence-electron chi connectivity index (χ0n) is 10.6. The van der Waals surface area contributed by atoms with E-state index in [4.69, 9.17) is 9.47 Å². The van der Waals surface area contributed by atoms with Gasteiger partial charge in [0.15, 0.2) is 0 Å². The summed E-state index contributed by atoms with van der Waals surface area (Å²) in [5, 5.41) is 3.16. The van der Waals surface area contributed by atoms with Gasteiger partial charge in [-0.15, -0.1) is 0 Å². The van der Waals surface area contributed by atoms with Crippen LogP contribution in [-0.2, 0) is 14.3 Å². The first-order valence-corrected chi connectivity index (χ1v) is 6.33. The van der Waals surface area contributed by atoms with Crippen molar-refractivity contribution in [2.24, 2.45) is 5.92 Å². The molecule has 2 heterocycles. The number of methoxy groups -OCH3 is 1. The summed E-state index contributed by atoms with van der Waals surface area (Å²) in [5.74, 6) is 0.218. The van der Waals surface area contributed by atoms with Gasteiger partial charge in [-0.3, -0.25) is 4.79 Å². The molecule has 2 aliphatic heterocycles.